The van der Waals surface area contributed by atoms with E-state index in [4.69, 9.17) is 9.47 Å². The number of nitrogens with one attached hydrogen (secondary N) is 1. The summed E-state index contributed by atoms with van der Waals surface area (Å²) in [7, 11) is 1.61. The Morgan fingerprint density at radius 3 is 2.61 bits per heavy atom. The molecule has 3 aromatic rings. The van der Waals surface area contributed by atoms with E-state index in [-0.39, 0.29) is 12.5 Å². The minimum atomic E-state index is -0.234. The maximum absolute atomic E-state index is 12.2. The van der Waals surface area contributed by atoms with Crippen molar-refractivity contribution in [1.29, 1.82) is 0 Å². The van der Waals surface area contributed by atoms with Crippen molar-refractivity contribution < 1.29 is 14.3 Å². The first-order valence-electron chi connectivity index (χ1n) is 9.36. The predicted octanol–water partition coefficient (Wildman–Crippen LogP) is 4.72. The maximum atomic E-state index is 12.2. The molecule has 0 saturated carbocycles. The van der Waals surface area contributed by atoms with Gasteiger partial charge in [-0.2, -0.15) is 0 Å². The molecule has 1 aliphatic carbocycles. The Bertz CT molecular complexity index is 966. The van der Waals surface area contributed by atoms with E-state index in [1.165, 1.54) is 41.7 Å². The van der Waals surface area contributed by atoms with Crippen molar-refractivity contribution in [2.75, 3.05) is 19.0 Å². The number of hydrogen-bond acceptors (Lipinski definition) is 5. The van der Waals surface area contributed by atoms with Crippen LogP contribution in [0.3, 0.4) is 0 Å². The summed E-state index contributed by atoms with van der Waals surface area (Å²) in [5.41, 5.74) is 4.88. The lowest BCUT2D eigenvalue weighted by Gasteiger charge is -2.16. The Balaban J connectivity index is 1.35. The Labute approximate surface area is 168 Å². The molecule has 4 rings (SSSR count). The number of aryl methyl sites for hydroxylation is 2. The lowest BCUT2D eigenvalue weighted by Crippen LogP contribution is -2.20. The molecule has 6 heteroatoms. The molecule has 0 bridgehead atoms. The van der Waals surface area contributed by atoms with Crippen LogP contribution in [0.4, 0.5) is 5.13 Å². The number of methoxy groups -OCH3 is 1. The SMILES string of the molecule is COc1ccc(OCC(=O)Nc2nc(-c3ccc4c(c3)CCCC4)cs2)cc1. The number of anilines is 1. The van der Waals surface area contributed by atoms with Gasteiger partial charge in [0.1, 0.15) is 11.5 Å². The number of amides is 1. The number of aromatic nitrogens is 1. The van der Waals surface area contributed by atoms with Gasteiger partial charge in [-0.05, 0) is 67.1 Å². The molecule has 0 saturated heterocycles. The highest BCUT2D eigenvalue weighted by atomic mass is 32.1. The third-order valence-corrected chi connectivity index (χ3v) is 5.58. The monoisotopic (exact) mass is 394 g/mol. The van der Waals surface area contributed by atoms with Gasteiger partial charge in [0.05, 0.1) is 12.8 Å². The van der Waals surface area contributed by atoms with Crippen LogP contribution in [-0.2, 0) is 17.6 Å². The fraction of sp³-hybridized carbons (Fsp3) is 0.273. The van der Waals surface area contributed by atoms with Gasteiger partial charge < -0.3 is 9.47 Å². The summed E-state index contributed by atoms with van der Waals surface area (Å²) in [6.45, 7) is -0.0694. The van der Waals surface area contributed by atoms with Gasteiger partial charge in [0, 0.05) is 10.9 Å². The standard InChI is InChI=1S/C22H22N2O3S/c1-26-18-8-10-19(11-9-18)27-13-21(25)24-22-23-20(14-28-22)17-7-6-15-4-2-3-5-16(15)12-17/h6-12,14H,2-5,13H2,1H3,(H,23,24,25). The first-order chi connectivity index (χ1) is 13.7. The molecule has 5 nitrogen and oxygen atoms in total. The average molecular weight is 394 g/mol. The van der Waals surface area contributed by atoms with Crippen LogP contribution in [0.15, 0.2) is 47.8 Å². The quantitative estimate of drug-likeness (QED) is 0.657. The largest absolute Gasteiger partial charge is 0.497 e. The second kappa shape index (κ2) is 8.44. The van der Waals surface area contributed by atoms with Gasteiger partial charge in [0.2, 0.25) is 0 Å². The van der Waals surface area contributed by atoms with Crippen molar-refractivity contribution in [3.05, 3.63) is 59.0 Å². The van der Waals surface area contributed by atoms with E-state index in [0.29, 0.717) is 10.9 Å². The highest BCUT2D eigenvalue weighted by molar-refractivity contribution is 7.14. The summed E-state index contributed by atoms with van der Waals surface area (Å²) in [5.74, 6) is 1.13. The van der Waals surface area contributed by atoms with Crippen molar-refractivity contribution in [3.8, 4) is 22.8 Å². The van der Waals surface area contributed by atoms with E-state index in [9.17, 15) is 4.79 Å². The molecule has 2 aromatic carbocycles. The van der Waals surface area contributed by atoms with Crippen molar-refractivity contribution in [2.24, 2.45) is 0 Å². The molecule has 0 fully saturated rings. The summed E-state index contributed by atoms with van der Waals surface area (Å²) >= 11 is 1.42. The molecule has 0 atom stereocenters. The van der Waals surface area contributed by atoms with Crippen LogP contribution < -0.4 is 14.8 Å². The fourth-order valence-corrected chi connectivity index (χ4v) is 4.07. The van der Waals surface area contributed by atoms with E-state index >= 15 is 0 Å². The van der Waals surface area contributed by atoms with Crippen molar-refractivity contribution in [3.63, 3.8) is 0 Å². The van der Waals surface area contributed by atoms with Gasteiger partial charge in [0.15, 0.2) is 11.7 Å². The summed E-state index contributed by atoms with van der Waals surface area (Å²) < 4.78 is 10.6. The van der Waals surface area contributed by atoms with E-state index in [0.717, 1.165) is 23.4 Å². The molecule has 1 amide bonds. The Hall–Kier alpha value is -2.86. The van der Waals surface area contributed by atoms with E-state index in [2.05, 4.69) is 28.5 Å². The molecule has 1 aromatic heterocycles. The highest BCUT2D eigenvalue weighted by Crippen LogP contribution is 2.29. The zero-order valence-corrected chi connectivity index (χ0v) is 16.6. The van der Waals surface area contributed by atoms with Gasteiger partial charge in [-0.15, -0.1) is 11.3 Å². The number of benzene rings is 2. The first-order valence-corrected chi connectivity index (χ1v) is 10.2. The molecule has 144 valence electrons. The lowest BCUT2D eigenvalue weighted by molar-refractivity contribution is -0.118. The van der Waals surface area contributed by atoms with Gasteiger partial charge in [-0.3, -0.25) is 10.1 Å². The number of rotatable bonds is 6. The van der Waals surface area contributed by atoms with Gasteiger partial charge in [-0.25, -0.2) is 4.98 Å². The van der Waals surface area contributed by atoms with Crippen LogP contribution in [0.1, 0.15) is 24.0 Å². The lowest BCUT2D eigenvalue weighted by atomic mass is 9.90. The number of thiazole rings is 1. The number of fused-ring (bicyclic) bond motifs is 1. The average Bonchev–Trinajstić information content (AvgIpc) is 3.20. The Morgan fingerprint density at radius 1 is 1.07 bits per heavy atom. The molecule has 1 N–H and O–H groups in total. The highest BCUT2D eigenvalue weighted by Gasteiger charge is 2.13. The number of ether oxygens (including phenoxy) is 2. The number of nitrogens with zero attached hydrogens (tertiary/aromatic N) is 1. The van der Waals surface area contributed by atoms with Crippen molar-refractivity contribution in [2.45, 2.75) is 25.7 Å². The molecule has 0 unspecified atom stereocenters. The van der Waals surface area contributed by atoms with Crippen LogP contribution in [-0.4, -0.2) is 24.6 Å². The smallest absolute Gasteiger partial charge is 0.264 e. The second-order valence-corrected chi connectivity index (χ2v) is 7.60. The number of carbonyl (C=O) groups excluding carboxylic acids is 1. The fourth-order valence-electron chi connectivity index (χ4n) is 3.33. The zero-order valence-electron chi connectivity index (χ0n) is 15.7. The van der Waals surface area contributed by atoms with E-state index < -0.39 is 0 Å². The Kier molecular flexibility index (Phi) is 5.58. The minimum Gasteiger partial charge on any atom is -0.497 e. The van der Waals surface area contributed by atoms with E-state index in [1.54, 1.807) is 31.4 Å². The summed E-state index contributed by atoms with van der Waals surface area (Å²) in [4.78, 5) is 16.7. The van der Waals surface area contributed by atoms with E-state index in [1.807, 2.05) is 5.38 Å². The molecule has 0 spiro atoms. The first kappa shape index (κ1) is 18.5. The third kappa shape index (κ3) is 4.34. The number of hydrogen-bond donors (Lipinski definition) is 1. The van der Waals surface area contributed by atoms with Crippen LogP contribution in [0.25, 0.3) is 11.3 Å². The van der Waals surface area contributed by atoms with Crippen LogP contribution in [0.5, 0.6) is 11.5 Å². The summed E-state index contributed by atoms with van der Waals surface area (Å²) in [6, 6.07) is 13.7. The second-order valence-electron chi connectivity index (χ2n) is 6.74. The van der Waals surface area contributed by atoms with Gasteiger partial charge in [0.25, 0.3) is 5.91 Å². The summed E-state index contributed by atoms with van der Waals surface area (Å²) in [6.07, 6.45) is 4.84. The predicted molar refractivity (Wildman–Crippen MR) is 111 cm³/mol. The molecule has 1 aliphatic rings. The van der Waals surface area contributed by atoms with Crippen molar-refractivity contribution in [1.82, 2.24) is 4.98 Å². The molecular weight excluding hydrogens is 372 g/mol. The minimum absolute atomic E-state index is 0.0694. The Morgan fingerprint density at radius 2 is 1.82 bits per heavy atom. The molecule has 0 aliphatic heterocycles. The molecule has 1 heterocycles. The van der Waals surface area contributed by atoms with Gasteiger partial charge >= 0.3 is 0 Å². The maximum Gasteiger partial charge on any atom is 0.264 e. The molecular formula is C22H22N2O3S. The zero-order chi connectivity index (χ0) is 19.3. The third-order valence-electron chi connectivity index (χ3n) is 4.82. The van der Waals surface area contributed by atoms with Crippen LogP contribution >= 0.6 is 11.3 Å². The van der Waals surface area contributed by atoms with Crippen molar-refractivity contribution >= 4 is 22.4 Å². The van der Waals surface area contributed by atoms with Crippen LogP contribution in [0, 0.1) is 0 Å². The van der Waals surface area contributed by atoms with Gasteiger partial charge in [-0.1, -0.05) is 12.1 Å². The molecule has 28 heavy (non-hydrogen) atoms. The normalized spacial score (nSPS) is 12.9. The van der Waals surface area contributed by atoms with Crippen LogP contribution in [0.2, 0.25) is 0 Å². The molecule has 0 radical (unpaired) electrons. The topological polar surface area (TPSA) is 60.5 Å². The summed E-state index contributed by atoms with van der Waals surface area (Å²) in [5, 5.41) is 5.36. The number of carbonyl (C=O) groups is 1.